The topological polar surface area (TPSA) is 37.0 Å². The van der Waals surface area contributed by atoms with Gasteiger partial charge in [0.1, 0.15) is 0 Å². The maximum absolute atomic E-state index is 5.75. The Bertz CT molecular complexity index is 267. The molecule has 2 heterocycles. The molecule has 0 radical (unpaired) electrons. The van der Waals surface area contributed by atoms with Crippen LogP contribution in [-0.2, 0) is 0 Å². The molecule has 0 spiro atoms. The molecule has 13 heavy (non-hydrogen) atoms. The molecule has 1 aliphatic heterocycles. The van der Waals surface area contributed by atoms with Crippen molar-refractivity contribution in [3.8, 4) is 0 Å². The summed E-state index contributed by atoms with van der Waals surface area (Å²) in [5, 5.41) is 7.39. The van der Waals surface area contributed by atoms with E-state index >= 15 is 0 Å². The van der Waals surface area contributed by atoms with Gasteiger partial charge in [0.25, 0.3) is 0 Å². The van der Waals surface area contributed by atoms with E-state index in [1.807, 2.05) is 12.1 Å². The monoisotopic (exact) mass is 197 g/mol. The van der Waals surface area contributed by atoms with Gasteiger partial charge in [0.2, 0.25) is 0 Å². The Kier molecular flexibility index (Phi) is 2.78. The lowest BCUT2D eigenvalue weighted by Crippen LogP contribution is -2.42. The number of hydrogen-bond donors (Lipinski definition) is 2. The molecular formula is C9H12ClN3. The normalized spacial score (nSPS) is 23.0. The van der Waals surface area contributed by atoms with Gasteiger partial charge in [0, 0.05) is 25.8 Å². The molecule has 0 amide bonds. The molecule has 1 saturated heterocycles. The highest BCUT2D eigenvalue weighted by Crippen LogP contribution is 2.13. The molecule has 1 aliphatic rings. The van der Waals surface area contributed by atoms with Crippen molar-refractivity contribution >= 4 is 11.6 Å². The SMILES string of the molecule is Clc1ccc(C2CNCCN2)nc1. The van der Waals surface area contributed by atoms with Crippen molar-refractivity contribution < 1.29 is 0 Å². The summed E-state index contributed by atoms with van der Waals surface area (Å²) < 4.78 is 0. The van der Waals surface area contributed by atoms with Gasteiger partial charge in [0.15, 0.2) is 0 Å². The molecule has 0 bridgehead atoms. The molecule has 2 rings (SSSR count). The van der Waals surface area contributed by atoms with Crippen molar-refractivity contribution in [1.82, 2.24) is 15.6 Å². The second-order valence-electron chi connectivity index (χ2n) is 3.11. The fourth-order valence-electron chi connectivity index (χ4n) is 1.46. The Morgan fingerprint density at radius 1 is 1.38 bits per heavy atom. The molecule has 1 aromatic heterocycles. The van der Waals surface area contributed by atoms with E-state index in [2.05, 4.69) is 15.6 Å². The summed E-state index contributed by atoms with van der Waals surface area (Å²) in [4.78, 5) is 4.27. The zero-order valence-electron chi connectivity index (χ0n) is 7.26. The lowest BCUT2D eigenvalue weighted by atomic mass is 10.1. The number of pyridine rings is 1. The Morgan fingerprint density at radius 2 is 2.31 bits per heavy atom. The van der Waals surface area contributed by atoms with Crippen LogP contribution in [-0.4, -0.2) is 24.6 Å². The third kappa shape index (κ3) is 2.18. The zero-order chi connectivity index (χ0) is 9.10. The number of hydrogen-bond acceptors (Lipinski definition) is 3. The van der Waals surface area contributed by atoms with E-state index in [0.717, 1.165) is 25.3 Å². The third-order valence-electron chi connectivity index (χ3n) is 2.15. The van der Waals surface area contributed by atoms with Gasteiger partial charge >= 0.3 is 0 Å². The molecule has 1 unspecified atom stereocenters. The minimum Gasteiger partial charge on any atom is -0.314 e. The minimum absolute atomic E-state index is 0.325. The summed E-state index contributed by atoms with van der Waals surface area (Å²) in [6, 6.07) is 4.17. The second-order valence-corrected chi connectivity index (χ2v) is 3.55. The summed E-state index contributed by atoms with van der Waals surface area (Å²) in [6.45, 7) is 2.97. The first-order valence-corrected chi connectivity index (χ1v) is 4.79. The van der Waals surface area contributed by atoms with Crippen LogP contribution in [0, 0.1) is 0 Å². The summed E-state index contributed by atoms with van der Waals surface area (Å²) >= 11 is 5.75. The van der Waals surface area contributed by atoms with E-state index in [1.165, 1.54) is 0 Å². The van der Waals surface area contributed by atoms with E-state index in [0.29, 0.717) is 11.1 Å². The highest BCUT2D eigenvalue weighted by molar-refractivity contribution is 6.30. The molecule has 1 aromatic rings. The molecule has 70 valence electrons. The van der Waals surface area contributed by atoms with Crippen molar-refractivity contribution in [2.75, 3.05) is 19.6 Å². The molecule has 1 atom stereocenters. The minimum atomic E-state index is 0.325. The van der Waals surface area contributed by atoms with Crippen LogP contribution >= 0.6 is 11.6 Å². The van der Waals surface area contributed by atoms with Crippen LogP contribution in [0.2, 0.25) is 5.02 Å². The third-order valence-corrected chi connectivity index (χ3v) is 2.37. The van der Waals surface area contributed by atoms with Gasteiger partial charge in [-0.05, 0) is 12.1 Å². The number of halogens is 1. The zero-order valence-corrected chi connectivity index (χ0v) is 8.01. The highest BCUT2D eigenvalue weighted by Gasteiger charge is 2.14. The quantitative estimate of drug-likeness (QED) is 0.705. The van der Waals surface area contributed by atoms with Crippen LogP contribution in [0.1, 0.15) is 11.7 Å². The number of nitrogens with one attached hydrogen (secondary N) is 2. The second kappa shape index (κ2) is 4.05. The fourth-order valence-corrected chi connectivity index (χ4v) is 1.57. The smallest absolute Gasteiger partial charge is 0.0622 e. The number of aromatic nitrogens is 1. The van der Waals surface area contributed by atoms with Crippen LogP contribution in [0.25, 0.3) is 0 Å². The van der Waals surface area contributed by atoms with Gasteiger partial charge in [0.05, 0.1) is 16.8 Å². The van der Waals surface area contributed by atoms with E-state index in [9.17, 15) is 0 Å². The predicted octanol–water partition coefficient (Wildman–Crippen LogP) is 0.969. The van der Waals surface area contributed by atoms with E-state index < -0.39 is 0 Å². The first-order valence-electron chi connectivity index (χ1n) is 4.42. The molecule has 0 saturated carbocycles. The maximum Gasteiger partial charge on any atom is 0.0622 e. The van der Waals surface area contributed by atoms with Crippen LogP contribution in [0.4, 0.5) is 0 Å². The standard InChI is InChI=1S/C9H12ClN3/c10-7-1-2-8(13-5-7)9-6-11-3-4-12-9/h1-2,5,9,11-12H,3-4,6H2. The van der Waals surface area contributed by atoms with Crippen molar-refractivity contribution in [2.24, 2.45) is 0 Å². The van der Waals surface area contributed by atoms with Crippen molar-refractivity contribution in [3.05, 3.63) is 29.0 Å². The summed E-state index contributed by atoms with van der Waals surface area (Å²) in [5.41, 5.74) is 1.05. The Labute approximate surface area is 82.5 Å². The van der Waals surface area contributed by atoms with E-state index in [-0.39, 0.29) is 0 Å². The van der Waals surface area contributed by atoms with Gasteiger partial charge in [-0.1, -0.05) is 11.6 Å². The number of nitrogens with zero attached hydrogens (tertiary/aromatic N) is 1. The van der Waals surface area contributed by atoms with Crippen LogP contribution < -0.4 is 10.6 Å². The van der Waals surface area contributed by atoms with Gasteiger partial charge < -0.3 is 10.6 Å². The highest BCUT2D eigenvalue weighted by atomic mass is 35.5. The molecule has 3 nitrogen and oxygen atoms in total. The first kappa shape index (κ1) is 8.94. The van der Waals surface area contributed by atoms with E-state index in [1.54, 1.807) is 6.20 Å². The summed E-state index contributed by atoms with van der Waals surface area (Å²) in [7, 11) is 0. The molecule has 0 aliphatic carbocycles. The lowest BCUT2D eigenvalue weighted by molar-refractivity contribution is 0.423. The number of rotatable bonds is 1. The Morgan fingerprint density at radius 3 is 2.92 bits per heavy atom. The van der Waals surface area contributed by atoms with E-state index in [4.69, 9.17) is 11.6 Å². The summed E-state index contributed by atoms with van der Waals surface area (Å²) in [5.74, 6) is 0. The number of piperazine rings is 1. The summed E-state index contributed by atoms with van der Waals surface area (Å²) in [6.07, 6.45) is 1.69. The van der Waals surface area contributed by atoms with Gasteiger partial charge in [-0.2, -0.15) is 0 Å². The van der Waals surface area contributed by atoms with Crippen molar-refractivity contribution in [3.63, 3.8) is 0 Å². The van der Waals surface area contributed by atoms with Gasteiger partial charge in [-0.3, -0.25) is 4.98 Å². The first-order chi connectivity index (χ1) is 6.36. The van der Waals surface area contributed by atoms with Crippen LogP contribution in [0.3, 0.4) is 0 Å². The molecule has 4 heteroatoms. The molecule has 0 aromatic carbocycles. The lowest BCUT2D eigenvalue weighted by Gasteiger charge is -2.23. The van der Waals surface area contributed by atoms with Crippen LogP contribution in [0.5, 0.6) is 0 Å². The fraction of sp³-hybridized carbons (Fsp3) is 0.444. The van der Waals surface area contributed by atoms with Crippen molar-refractivity contribution in [2.45, 2.75) is 6.04 Å². The average molecular weight is 198 g/mol. The van der Waals surface area contributed by atoms with Crippen molar-refractivity contribution in [1.29, 1.82) is 0 Å². The van der Waals surface area contributed by atoms with Crippen LogP contribution in [0.15, 0.2) is 18.3 Å². The predicted molar refractivity (Wildman–Crippen MR) is 52.9 cm³/mol. The molecular weight excluding hydrogens is 186 g/mol. The van der Waals surface area contributed by atoms with Gasteiger partial charge in [-0.25, -0.2) is 0 Å². The Balaban J connectivity index is 2.10. The molecule has 1 fully saturated rings. The Hall–Kier alpha value is -0.640. The largest absolute Gasteiger partial charge is 0.314 e. The molecule has 2 N–H and O–H groups in total. The maximum atomic E-state index is 5.75. The van der Waals surface area contributed by atoms with Gasteiger partial charge in [-0.15, -0.1) is 0 Å². The average Bonchev–Trinajstić information content (AvgIpc) is 2.20.